The van der Waals surface area contributed by atoms with Crippen LogP contribution in [0.1, 0.15) is 25.3 Å². The number of carbonyl (C=O) groups excluding carboxylic acids is 1. The van der Waals surface area contributed by atoms with Crippen molar-refractivity contribution in [1.29, 1.82) is 5.26 Å². The van der Waals surface area contributed by atoms with Crippen molar-refractivity contribution < 1.29 is 4.79 Å². The third-order valence-corrected chi connectivity index (χ3v) is 3.29. The Kier molecular flexibility index (Phi) is 3.52. The second-order valence-electron chi connectivity index (χ2n) is 4.54. The summed E-state index contributed by atoms with van der Waals surface area (Å²) >= 11 is 0. The lowest BCUT2D eigenvalue weighted by Crippen LogP contribution is -2.44. The number of likely N-dealkylation sites (N-methyl/N-ethyl adjacent to an activating group) is 1. The maximum absolute atomic E-state index is 11.9. The number of fused-ring (bicyclic) bond motifs is 1. The van der Waals surface area contributed by atoms with E-state index < -0.39 is 0 Å². The van der Waals surface area contributed by atoms with Gasteiger partial charge in [0.1, 0.15) is 0 Å². The van der Waals surface area contributed by atoms with Gasteiger partial charge in [-0.15, -0.1) is 0 Å². The van der Waals surface area contributed by atoms with Crippen LogP contribution in [0.2, 0.25) is 0 Å². The Balaban J connectivity index is 2.39. The number of anilines is 2. The minimum atomic E-state index is 0.0775. The number of hydrogen-bond donors (Lipinski definition) is 0. The molecule has 18 heavy (non-hydrogen) atoms. The molecule has 1 aliphatic rings. The number of rotatable bonds is 3. The van der Waals surface area contributed by atoms with E-state index in [1.807, 2.05) is 6.07 Å². The van der Waals surface area contributed by atoms with Crippen LogP contribution in [0.25, 0.3) is 0 Å². The molecular weight excluding hydrogens is 226 g/mol. The van der Waals surface area contributed by atoms with Crippen LogP contribution in [0, 0.1) is 11.3 Å². The summed E-state index contributed by atoms with van der Waals surface area (Å²) in [6.07, 6.45) is 2.17. The number of hydrogen-bond acceptors (Lipinski definition) is 3. The molecule has 94 valence electrons. The van der Waals surface area contributed by atoms with Crippen molar-refractivity contribution in [2.75, 3.05) is 29.9 Å². The lowest BCUT2D eigenvalue weighted by Gasteiger charge is -2.35. The van der Waals surface area contributed by atoms with Crippen LogP contribution in [0.4, 0.5) is 11.4 Å². The summed E-state index contributed by atoms with van der Waals surface area (Å²) in [6.45, 7) is 3.45. The first-order chi connectivity index (χ1) is 8.67. The van der Waals surface area contributed by atoms with Gasteiger partial charge in [-0.25, -0.2) is 0 Å². The molecule has 0 spiro atoms. The zero-order valence-electron chi connectivity index (χ0n) is 10.8. The van der Waals surface area contributed by atoms with Crippen LogP contribution in [0.15, 0.2) is 18.2 Å². The van der Waals surface area contributed by atoms with E-state index in [0.29, 0.717) is 12.1 Å². The van der Waals surface area contributed by atoms with E-state index in [1.165, 1.54) is 0 Å². The summed E-state index contributed by atoms with van der Waals surface area (Å²) in [5.41, 5.74) is 2.47. The van der Waals surface area contributed by atoms with Gasteiger partial charge >= 0.3 is 0 Å². The van der Waals surface area contributed by atoms with Gasteiger partial charge in [-0.2, -0.15) is 5.26 Å². The summed E-state index contributed by atoms with van der Waals surface area (Å²) in [4.78, 5) is 15.7. The van der Waals surface area contributed by atoms with Gasteiger partial charge in [0.15, 0.2) is 0 Å². The van der Waals surface area contributed by atoms with Crippen molar-refractivity contribution in [3.8, 4) is 6.07 Å². The van der Waals surface area contributed by atoms with Crippen molar-refractivity contribution in [3.63, 3.8) is 0 Å². The number of nitrogens with zero attached hydrogens (tertiary/aromatic N) is 3. The summed E-state index contributed by atoms with van der Waals surface area (Å²) < 4.78 is 0. The molecule has 1 amide bonds. The molecule has 1 aliphatic heterocycles. The fraction of sp³-hybridized carbons (Fsp3) is 0.429. The lowest BCUT2D eigenvalue weighted by atomic mass is 10.1. The minimum Gasteiger partial charge on any atom is -0.361 e. The molecule has 0 atom stereocenters. The molecule has 2 rings (SSSR count). The molecule has 1 heterocycles. The zero-order chi connectivity index (χ0) is 13.1. The zero-order valence-corrected chi connectivity index (χ0v) is 10.8. The monoisotopic (exact) mass is 243 g/mol. The highest BCUT2D eigenvalue weighted by molar-refractivity contribution is 6.03. The average Bonchev–Trinajstić information content (AvgIpc) is 2.40. The normalized spacial score (nSPS) is 14.4. The third-order valence-electron chi connectivity index (χ3n) is 3.29. The van der Waals surface area contributed by atoms with Crippen molar-refractivity contribution in [3.05, 3.63) is 23.8 Å². The van der Waals surface area contributed by atoms with Crippen LogP contribution in [-0.4, -0.2) is 26.0 Å². The Morgan fingerprint density at radius 2 is 2.17 bits per heavy atom. The van der Waals surface area contributed by atoms with E-state index >= 15 is 0 Å². The standard InChI is InChI=1S/C14H17N3O/c1-3-4-7-17-10-14(18)16(2)13-8-11(9-15)5-6-12(13)17/h5-6,8H,3-4,7,10H2,1-2H3. The largest absolute Gasteiger partial charge is 0.361 e. The van der Waals surface area contributed by atoms with Crippen molar-refractivity contribution in [2.45, 2.75) is 19.8 Å². The Hall–Kier alpha value is -2.02. The highest BCUT2D eigenvalue weighted by Gasteiger charge is 2.26. The highest BCUT2D eigenvalue weighted by atomic mass is 16.2. The lowest BCUT2D eigenvalue weighted by molar-refractivity contribution is -0.117. The molecule has 4 heteroatoms. The van der Waals surface area contributed by atoms with Gasteiger partial charge in [0.05, 0.1) is 29.6 Å². The molecule has 1 aromatic rings. The molecule has 0 saturated heterocycles. The summed E-state index contributed by atoms with van der Waals surface area (Å²) in [5.74, 6) is 0.0775. The van der Waals surface area contributed by atoms with Gasteiger partial charge in [-0.05, 0) is 24.6 Å². The first-order valence-corrected chi connectivity index (χ1v) is 6.23. The number of amides is 1. The van der Waals surface area contributed by atoms with Gasteiger partial charge in [0.25, 0.3) is 0 Å². The molecule has 0 radical (unpaired) electrons. The number of unbranched alkanes of at least 4 members (excludes halogenated alkanes) is 1. The molecule has 0 unspecified atom stereocenters. The fourth-order valence-corrected chi connectivity index (χ4v) is 2.17. The molecule has 1 aromatic carbocycles. The average molecular weight is 243 g/mol. The van der Waals surface area contributed by atoms with Crippen LogP contribution in [0.5, 0.6) is 0 Å². The van der Waals surface area contributed by atoms with Gasteiger partial charge < -0.3 is 9.80 Å². The fourth-order valence-electron chi connectivity index (χ4n) is 2.17. The number of carbonyl (C=O) groups is 1. The maximum Gasteiger partial charge on any atom is 0.246 e. The number of benzene rings is 1. The highest BCUT2D eigenvalue weighted by Crippen LogP contribution is 2.33. The molecule has 0 aromatic heterocycles. The van der Waals surface area contributed by atoms with Crippen molar-refractivity contribution in [2.24, 2.45) is 0 Å². The van der Waals surface area contributed by atoms with E-state index in [2.05, 4.69) is 17.9 Å². The van der Waals surface area contributed by atoms with Gasteiger partial charge in [-0.1, -0.05) is 13.3 Å². The first kappa shape index (κ1) is 12.4. The predicted octanol–water partition coefficient (Wildman–Crippen LogP) is 2.14. The predicted molar refractivity (Wildman–Crippen MR) is 71.7 cm³/mol. The van der Waals surface area contributed by atoms with Gasteiger partial charge in [0, 0.05) is 13.6 Å². The van der Waals surface area contributed by atoms with E-state index in [4.69, 9.17) is 5.26 Å². The van der Waals surface area contributed by atoms with E-state index in [0.717, 1.165) is 30.8 Å². The molecule has 4 nitrogen and oxygen atoms in total. The maximum atomic E-state index is 11.9. The Bertz CT molecular complexity index is 504. The van der Waals surface area contributed by atoms with Crippen LogP contribution >= 0.6 is 0 Å². The smallest absolute Gasteiger partial charge is 0.246 e. The second kappa shape index (κ2) is 5.09. The Morgan fingerprint density at radius 1 is 1.39 bits per heavy atom. The minimum absolute atomic E-state index is 0.0775. The quantitative estimate of drug-likeness (QED) is 0.817. The first-order valence-electron chi connectivity index (χ1n) is 6.23. The van der Waals surface area contributed by atoms with Crippen LogP contribution < -0.4 is 9.80 Å². The van der Waals surface area contributed by atoms with Gasteiger partial charge in [0.2, 0.25) is 5.91 Å². The van der Waals surface area contributed by atoms with Gasteiger partial charge in [-0.3, -0.25) is 4.79 Å². The Labute approximate surface area is 107 Å². The molecular formula is C14H17N3O. The van der Waals surface area contributed by atoms with Crippen LogP contribution in [-0.2, 0) is 4.79 Å². The van der Waals surface area contributed by atoms with E-state index in [-0.39, 0.29) is 5.91 Å². The Morgan fingerprint density at radius 3 is 2.83 bits per heavy atom. The summed E-state index contributed by atoms with van der Waals surface area (Å²) in [5, 5.41) is 8.93. The molecule has 0 fully saturated rings. The SMILES string of the molecule is CCCCN1CC(=O)N(C)c2cc(C#N)ccc21. The van der Waals surface area contributed by atoms with Crippen molar-refractivity contribution >= 4 is 17.3 Å². The molecule has 0 aliphatic carbocycles. The van der Waals surface area contributed by atoms with E-state index in [1.54, 1.807) is 24.1 Å². The molecule has 0 N–H and O–H groups in total. The van der Waals surface area contributed by atoms with Crippen molar-refractivity contribution in [1.82, 2.24) is 0 Å². The van der Waals surface area contributed by atoms with E-state index in [9.17, 15) is 4.79 Å². The summed E-state index contributed by atoms with van der Waals surface area (Å²) in [6, 6.07) is 7.64. The molecule has 0 saturated carbocycles. The summed E-state index contributed by atoms with van der Waals surface area (Å²) in [7, 11) is 1.76. The second-order valence-corrected chi connectivity index (χ2v) is 4.54. The number of nitriles is 1. The molecule has 0 bridgehead atoms. The topological polar surface area (TPSA) is 47.3 Å². The van der Waals surface area contributed by atoms with Crippen LogP contribution in [0.3, 0.4) is 0 Å². The third kappa shape index (κ3) is 2.17.